The molecule has 0 spiro atoms. The molecule has 8 heavy (non-hydrogen) atoms. The van der Waals surface area contributed by atoms with Crippen LogP contribution < -0.4 is 5.73 Å². The zero-order chi connectivity index (χ0) is 6.73. The molecule has 0 amide bonds. The zero-order valence-corrected chi connectivity index (χ0v) is 5.47. The fourth-order valence-corrected chi connectivity index (χ4v) is 0.229. The van der Waals surface area contributed by atoms with E-state index in [4.69, 9.17) is 10.8 Å². The average Bonchev–Trinajstić information content (AvgIpc) is 1.64. The summed E-state index contributed by atoms with van der Waals surface area (Å²) in [6, 6.07) is 0. The molecular weight excluding hydrogens is 104 g/mol. The summed E-state index contributed by atoms with van der Waals surface area (Å²) in [7, 11) is 3.64. The molecule has 0 fully saturated rings. The number of aliphatic hydroxyl groups excluding tert-OH is 1. The van der Waals surface area contributed by atoms with Crippen LogP contribution in [0.2, 0.25) is 0 Å². The predicted octanol–water partition coefficient (Wildman–Crippen LogP) is 0.254. The Hall–Kier alpha value is -0.860. The van der Waals surface area contributed by atoms with Crippen molar-refractivity contribution in [1.82, 2.24) is 4.90 Å². The van der Waals surface area contributed by atoms with E-state index in [9.17, 15) is 0 Å². The molecule has 0 atom stereocenters. The van der Waals surface area contributed by atoms with Crippen LogP contribution in [0.25, 0.3) is 0 Å². The molecule has 0 aliphatic carbocycles. The lowest BCUT2D eigenvalue weighted by Gasteiger charge is -2.11. The number of aliphatic hydroxyl groups is 1. The van der Waals surface area contributed by atoms with Crippen LogP contribution in [0.3, 0.4) is 0 Å². The van der Waals surface area contributed by atoms with Gasteiger partial charge in [-0.2, -0.15) is 0 Å². The molecule has 0 rings (SSSR count). The first-order valence-corrected chi connectivity index (χ1v) is 2.38. The fraction of sp³-hybridized carbons (Fsp3) is 0.600. The molecule has 0 aromatic heterocycles. The first kappa shape index (κ1) is 7.14. The second-order valence-electron chi connectivity index (χ2n) is 1.87. The van der Waals surface area contributed by atoms with E-state index in [1.54, 1.807) is 11.8 Å². The SMILES string of the molecule is C/C(=C(/N)O)N(C)C. The molecule has 3 nitrogen and oxygen atoms in total. The molecule has 0 aliphatic rings. The van der Waals surface area contributed by atoms with Crippen LogP contribution in [0, 0.1) is 0 Å². The minimum atomic E-state index is -0.116. The van der Waals surface area contributed by atoms with Crippen molar-refractivity contribution in [2.45, 2.75) is 6.92 Å². The van der Waals surface area contributed by atoms with Gasteiger partial charge in [-0.3, -0.25) is 0 Å². The molecule has 0 aromatic carbocycles. The van der Waals surface area contributed by atoms with Crippen LogP contribution in [0.1, 0.15) is 6.92 Å². The maximum absolute atomic E-state index is 8.61. The molecule has 0 saturated heterocycles. The Bertz CT molecular complexity index is 103. The highest BCUT2D eigenvalue weighted by molar-refractivity contribution is 4.97. The highest BCUT2D eigenvalue weighted by Gasteiger charge is 1.94. The maximum Gasteiger partial charge on any atom is 0.201 e. The van der Waals surface area contributed by atoms with E-state index < -0.39 is 0 Å². The van der Waals surface area contributed by atoms with Gasteiger partial charge in [-0.1, -0.05) is 0 Å². The quantitative estimate of drug-likeness (QED) is 0.483. The van der Waals surface area contributed by atoms with Crippen LogP contribution >= 0.6 is 0 Å². The van der Waals surface area contributed by atoms with Gasteiger partial charge in [-0.05, 0) is 6.92 Å². The van der Waals surface area contributed by atoms with Crippen molar-refractivity contribution in [3.63, 3.8) is 0 Å². The van der Waals surface area contributed by atoms with Gasteiger partial charge in [0, 0.05) is 14.1 Å². The van der Waals surface area contributed by atoms with E-state index >= 15 is 0 Å². The number of nitrogens with two attached hydrogens (primary N) is 1. The summed E-state index contributed by atoms with van der Waals surface area (Å²) in [6.07, 6.45) is 0. The molecule has 0 aromatic rings. The molecule has 3 N–H and O–H groups in total. The third kappa shape index (κ3) is 1.73. The molecule has 0 radical (unpaired) electrons. The van der Waals surface area contributed by atoms with Crippen molar-refractivity contribution < 1.29 is 5.11 Å². The Morgan fingerprint density at radius 1 is 1.50 bits per heavy atom. The standard InChI is InChI=1S/C5H12N2O/c1-4(5(6)8)7(2)3/h8H,6H2,1-3H3/b5-4+. The first-order valence-electron chi connectivity index (χ1n) is 2.38. The monoisotopic (exact) mass is 116 g/mol. The van der Waals surface area contributed by atoms with E-state index in [1.807, 2.05) is 14.1 Å². The van der Waals surface area contributed by atoms with Crippen molar-refractivity contribution in [3.05, 3.63) is 11.6 Å². The Morgan fingerprint density at radius 2 is 1.88 bits per heavy atom. The van der Waals surface area contributed by atoms with Gasteiger partial charge in [0.05, 0.1) is 5.70 Å². The Morgan fingerprint density at radius 3 is 1.88 bits per heavy atom. The van der Waals surface area contributed by atoms with Gasteiger partial charge < -0.3 is 15.7 Å². The summed E-state index contributed by atoms with van der Waals surface area (Å²) in [6.45, 7) is 1.75. The summed E-state index contributed by atoms with van der Waals surface area (Å²) >= 11 is 0. The van der Waals surface area contributed by atoms with Crippen LogP contribution in [0.15, 0.2) is 11.6 Å². The van der Waals surface area contributed by atoms with Crippen molar-refractivity contribution >= 4 is 0 Å². The number of nitrogens with zero attached hydrogens (tertiary/aromatic N) is 1. The van der Waals surface area contributed by atoms with Gasteiger partial charge in [-0.25, -0.2) is 0 Å². The van der Waals surface area contributed by atoms with E-state index in [1.165, 1.54) is 0 Å². The highest BCUT2D eigenvalue weighted by atomic mass is 16.3. The number of rotatable bonds is 1. The molecule has 0 aliphatic heterocycles. The molecule has 48 valence electrons. The van der Waals surface area contributed by atoms with Crippen LogP contribution in [0.5, 0.6) is 0 Å². The van der Waals surface area contributed by atoms with E-state index in [2.05, 4.69) is 0 Å². The average molecular weight is 116 g/mol. The van der Waals surface area contributed by atoms with Crippen molar-refractivity contribution in [2.24, 2.45) is 5.73 Å². The van der Waals surface area contributed by atoms with Gasteiger partial charge in [0.15, 0.2) is 0 Å². The third-order valence-electron chi connectivity index (χ3n) is 1.04. The Balaban J connectivity index is 4.00. The van der Waals surface area contributed by atoms with Crippen molar-refractivity contribution in [3.8, 4) is 0 Å². The van der Waals surface area contributed by atoms with Gasteiger partial charge in [0.1, 0.15) is 0 Å². The first-order chi connectivity index (χ1) is 3.55. The minimum Gasteiger partial charge on any atom is -0.494 e. The number of hydrogen-bond donors (Lipinski definition) is 2. The second-order valence-corrected chi connectivity index (χ2v) is 1.87. The van der Waals surface area contributed by atoms with Gasteiger partial charge in [0.25, 0.3) is 0 Å². The lowest BCUT2D eigenvalue weighted by Crippen LogP contribution is -2.14. The predicted molar refractivity (Wildman–Crippen MR) is 33.2 cm³/mol. The Kier molecular flexibility index (Phi) is 2.19. The van der Waals surface area contributed by atoms with Crippen molar-refractivity contribution in [2.75, 3.05) is 14.1 Å². The molecule has 3 heteroatoms. The topological polar surface area (TPSA) is 49.5 Å². The van der Waals surface area contributed by atoms with Gasteiger partial charge in [0.2, 0.25) is 5.88 Å². The smallest absolute Gasteiger partial charge is 0.201 e. The summed E-state index contributed by atoms with van der Waals surface area (Å²) in [5, 5.41) is 8.61. The molecule has 0 saturated carbocycles. The molecule has 0 bridgehead atoms. The van der Waals surface area contributed by atoms with E-state index in [0.29, 0.717) is 5.70 Å². The van der Waals surface area contributed by atoms with Crippen LogP contribution in [0.4, 0.5) is 0 Å². The summed E-state index contributed by atoms with van der Waals surface area (Å²) in [5.41, 5.74) is 5.72. The summed E-state index contributed by atoms with van der Waals surface area (Å²) in [4.78, 5) is 1.75. The third-order valence-corrected chi connectivity index (χ3v) is 1.04. The Labute approximate surface area is 49.4 Å². The summed E-state index contributed by atoms with van der Waals surface area (Å²) < 4.78 is 0. The fourth-order valence-electron chi connectivity index (χ4n) is 0.229. The van der Waals surface area contributed by atoms with E-state index in [-0.39, 0.29) is 5.88 Å². The minimum absolute atomic E-state index is 0.116. The second kappa shape index (κ2) is 2.45. The maximum atomic E-state index is 8.61. The molecule has 0 heterocycles. The van der Waals surface area contributed by atoms with Crippen LogP contribution in [-0.4, -0.2) is 24.1 Å². The number of hydrogen-bond acceptors (Lipinski definition) is 3. The zero-order valence-electron chi connectivity index (χ0n) is 5.47. The lowest BCUT2D eigenvalue weighted by atomic mass is 10.5. The lowest BCUT2D eigenvalue weighted by molar-refractivity contribution is 0.365. The molecular formula is C5H12N2O. The van der Waals surface area contributed by atoms with Crippen molar-refractivity contribution in [1.29, 1.82) is 0 Å². The van der Waals surface area contributed by atoms with Gasteiger partial charge in [-0.15, -0.1) is 0 Å². The number of allylic oxidation sites excluding steroid dienone is 1. The van der Waals surface area contributed by atoms with Crippen LogP contribution in [-0.2, 0) is 0 Å². The largest absolute Gasteiger partial charge is 0.494 e. The molecule has 0 unspecified atom stereocenters. The normalized spacial score (nSPS) is 12.9. The highest BCUT2D eigenvalue weighted by Crippen LogP contribution is 1.95. The summed E-state index contributed by atoms with van der Waals surface area (Å²) in [5.74, 6) is -0.116. The van der Waals surface area contributed by atoms with Gasteiger partial charge >= 0.3 is 0 Å². The van der Waals surface area contributed by atoms with E-state index in [0.717, 1.165) is 0 Å².